The van der Waals surface area contributed by atoms with Gasteiger partial charge in [0.25, 0.3) is 0 Å². The molecule has 3 amide bonds. The van der Waals surface area contributed by atoms with Crippen LogP contribution in [0.5, 0.6) is 0 Å². The standard InChI is InChI=1S/C11H18N2O6S/c1-11(2,9(15)16)5-8(14)13-10(17)12-7-3-4-20(18,19)6-7/h7H,3-6H2,1-2H3,(H,15,16)(H2,12,13,14,17). The Bertz CT molecular complexity index is 525. The highest BCUT2D eigenvalue weighted by Gasteiger charge is 2.32. The molecule has 114 valence electrons. The Morgan fingerprint density at radius 2 is 1.90 bits per heavy atom. The van der Waals surface area contributed by atoms with Gasteiger partial charge in [0.05, 0.1) is 16.9 Å². The van der Waals surface area contributed by atoms with Gasteiger partial charge in [-0.05, 0) is 20.3 Å². The summed E-state index contributed by atoms with van der Waals surface area (Å²) in [5.74, 6) is -2.00. The highest BCUT2D eigenvalue weighted by molar-refractivity contribution is 7.91. The number of carbonyl (C=O) groups excluding carboxylic acids is 2. The fourth-order valence-corrected chi connectivity index (χ4v) is 3.45. The number of hydrogen-bond donors (Lipinski definition) is 3. The number of rotatable bonds is 4. The quantitative estimate of drug-likeness (QED) is 0.642. The van der Waals surface area contributed by atoms with Crippen molar-refractivity contribution >= 4 is 27.7 Å². The molecule has 0 aromatic rings. The van der Waals surface area contributed by atoms with Gasteiger partial charge < -0.3 is 10.4 Å². The first-order chi connectivity index (χ1) is 9.02. The third-order valence-electron chi connectivity index (χ3n) is 3.00. The van der Waals surface area contributed by atoms with Crippen LogP contribution in [0.4, 0.5) is 4.79 Å². The van der Waals surface area contributed by atoms with Crippen LogP contribution in [0.1, 0.15) is 26.7 Å². The third kappa shape index (κ3) is 4.80. The van der Waals surface area contributed by atoms with Gasteiger partial charge in [0, 0.05) is 12.5 Å². The van der Waals surface area contributed by atoms with Gasteiger partial charge in [0.15, 0.2) is 9.84 Å². The Morgan fingerprint density at radius 1 is 1.30 bits per heavy atom. The lowest BCUT2D eigenvalue weighted by Crippen LogP contribution is -2.46. The maximum atomic E-state index is 11.5. The predicted molar refractivity (Wildman–Crippen MR) is 69.8 cm³/mol. The van der Waals surface area contributed by atoms with Crippen molar-refractivity contribution in [2.45, 2.75) is 32.7 Å². The molecule has 1 atom stereocenters. The lowest BCUT2D eigenvalue weighted by Gasteiger charge is -2.18. The summed E-state index contributed by atoms with van der Waals surface area (Å²) in [4.78, 5) is 33.9. The zero-order chi connectivity index (χ0) is 15.6. The number of urea groups is 1. The normalized spacial score (nSPS) is 21.2. The van der Waals surface area contributed by atoms with Gasteiger partial charge in [0.1, 0.15) is 0 Å². The number of amides is 3. The molecule has 1 aliphatic heterocycles. The van der Waals surface area contributed by atoms with Gasteiger partial charge in [-0.25, -0.2) is 13.2 Å². The Hall–Kier alpha value is -1.64. The van der Waals surface area contributed by atoms with E-state index in [9.17, 15) is 22.8 Å². The molecule has 0 radical (unpaired) electrons. The van der Waals surface area contributed by atoms with Crippen molar-refractivity contribution in [3.63, 3.8) is 0 Å². The molecular weight excluding hydrogens is 288 g/mol. The molecule has 1 unspecified atom stereocenters. The maximum absolute atomic E-state index is 11.5. The minimum Gasteiger partial charge on any atom is -0.481 e. The molecule has 8 nitrogen and oxygen atoms in total. The number of hydrogen-bond acceptors (Lipinski definition) is 5. The van der Waals surface area contributed by atoms with Crippen molar-refractivity contribution in [3.8, 4) is 0 Å². The van der Waals surface area contributed by atoms with E-state index in [0.29, 0.717) is 6.42 Å². The summed E-state index contributed by atoms with van der Waals surface area (Å²) in [6, 6.07) is -1.32. The third-order valence-corrected chi connectivity index (χ3v) is 4.77. The van der Waals surface area contributed by atoms with Crippen LogP contribution in [0.15, 0.2) is 0 Å². The van der Waals surface area contributed by atoms with Crippen LogP contribution >= 0.6 is 0 Å². The first kappa shape index (κ1) is 16.4. The van der Waals surface area contributed by atoms with Crippen molar-refractivity contribution in [2.75, 3.05) is 11.5 Å². The van der Waals surface area contributed by atoms with Crippen LogP contribution in [0, 0.1) is 5.41 Å². The number of imide groups is 1. The average Bonchev–Trinajstić information content (AvgIpc) is 2.55. The summed E-state index contributed by atoms with van der Waals surface area (Å²) in [7, 11) is -3.11. The smallest absolute Gasteiger partial charge is 0.321 e. The highest BCUT2D eigenvalue weighted by Crippen LogP contribution is 2.20. The van der Waals surface area contributed by atoms with Crippen LogP contribution in [0.25, 0.3) is 0 Å². The Morgan fingerprint density at radius 3 is 2.35 bits per heavy atom. The van der Waals surface area contributed by atoms with Crippen LogP contribution < -0.4 is 10.6 Å². The average molecular weight is 306 g/mol. The van der Waals surface area contributed by atoms with E-state index in [0.717, 1.165) is 0 Å². The monoisotopic (exact) mass is 306 g/mol. The second-order valence-corrected chi connectivity index (χ2v) is 7.72. The number of carbonyl (C=O) groups is 3. The molecule has 0 bridgehead atoms. The topological polar surface area (TPSA) is 130 Å². The van der Waals surface area contributed by atoms with Crippen molar-refractivity contribution in [2.24, 2.45) is 5.41 Å². The molecule has 1 heterocycles. The lowest BCUT2D eigenvalue weighted by molar-refractivity contribution is -0.149. The molecule has 1 rings (SSSR count). The zero-order valence-electron chi connectivity index (χ0n) is 11.3. The van der Waals surface area contributed by atoms with Crippen molar-refractivity contribution < 1.29 is 27.9 Å². The second kappa shape index (κ2) is 5.78. The number of carboxylic acids is 1. The summed E-state index contributed by atoms with van der Waals surface area (Å²) in [5.41, 5.74) is -1.28. The highest BCUT2D eigenvalue weighted by atomic mass is 32.2. The number of sulfone groups is 1. The lowest BCUT2D eigenvalue weighted by atomic mass is 9.89. The summed E-state index contributed by atoms with van der Waals surface area (Å²) >= 11 is 0. The molecule has 0 saturated carbocycles. The minimum absolute atomic E-state index is 0.0118. The summed E-state index contributed by atoms with van der Waals surface area (Å²) in [6.07, 6.45) is -0.0384. The molecule has 1 aliphatic rings. The molecule has 0 aromatic carbocycles. The van der Waals surface area contributed by atoms with E-state index in [2.05, 4.69) is 5.32 Å². The molecule has 0 aromatic heterocycles. The van der Waals surface area contributed by atoms with Crippen molar-refractivity contribution in [1.82, 2.24) is 10.6 Å². The molecule has 0 aliphatic carbocycles. The number of aliphatic carboxylic acids is 1. The number of nitrogens with one attached hydrogen (secondary N) is 2. The van der Waals surface area contributed by atoms with Gasteiger partial charge in [-0.2, -0.15) is 0 Å². The van der Waals surface area contributed by atoms with Gasteiger partial charge in [-0.3, -0.25) is 14.9 Å². The van der Waals surface area contributed by atoms with E-state index < -0.39 is 39.2 Å². The van der Waals surface area contributed by atoms with Crippen LogP contribution in [0.2, 0.25) is 0 Å². The van der Waals surface area contributed by atoms with Gasteiger partial charge in [-0.15, -0.1) is 0 Å². The summed E-state index contributed by atoms with van der Waals surface area (Å²) in [6.45, 7) is 2.74. The first-order valence-electron chi connectivity index (χ1n) is 6.06. The van der Waals surface area contributed by atoms with Crippen LogP contribution in [-0.4, -0.2) is 49.0 Å². The van der Waals surface area contributed by atoms with Crippen LogP contribution in [0.3, 0.4) is 0 Å². The predicted octanol–water partition coefficient (Wildman–Crippen LogP) is -0.500. The molecule has 9 heteroatoms. The van der Waals surface area contributed by atoms with Gasteiger partial charge in [0.2, 0.25) is 5.91 Å². The SMILES string of the molecule is CC(C)(CC(=O)NC(=O)NC1CCS(=O)(=O)C1)C(=O)O. The Labute approximate surface area is 116 Å². The minimum atomic E-state index is -3.11. The molecule has 3 N–H and O–H groups in total. The van der Waals surface area contributed by atoms with Crippen molar-refractivity contribution in [3.05, 3.63) is 0 Å². The van der Waals surface area contributed by atoms with E-state index in [4.69, 9.17) is 5.11 Å². The first-order valence-corrected chi connectivity index (χ1v) is 7.88. The van der Waals surface area contributed by atoms with Gasteiger partial charge in [-0.1, -0.05) is 0 Å². The molecule has 0 spiro atoms. The van der Waals surface area contributed by atoms with E-state index in [1.165, 1.54) is 13.8 Å². The van der Waals surface area contributed by atoms with E-state index in [1.54, 1.807) is 0 Å². The van der Waals surface area contributed by atoms with Crippen LogP contribution in [-0.2, 0) is 19.4 Å². The Balaban J connectivity index is 2.43. The van der Waals surface area contributed by atoms with Crippen molar-refractivity contribution in [1.29, 1.82) is 0 Å². The summed E-state index contributed by atoms with van der Waals surface area (Å²) < 4.78 is 22.4. The maximum Gasteiger partial charge on any atom is 0.321 e. The fraction of sp³-hybridized carbons (Fsp3) is 0.727. The van der Waals surface area contributed by atoms with E-state index in [-0.39, 0.29) is 17.9 Å². The summed E-state index contributed by atoms with van der Waals surface area (Å²) in [5, 5.41) is 13.2. The van der Waals surface area contributed by atoms with E-state index in [1.807, 2.05) is 5.32 Å². The fourth-order valence-electron chi connectivity index (χ4n) is 1.78. The largest absolute Gasteiger partial charge is 0.481 e. The second-order valence-electron chi connectivity index (χ2n) is 5.49. The van der Waals surface area contributed by atoms with E-state index >= 15 is 0 Å². The molecule has 1 saturated heterocycles. The molecule has 1 fully saturated rings. The Kier molecular flexibility index (Phi) is 4.74. The van der Waals surface area contributed by atoms with Gasteiger partial charge >= 0.3 is 12.0 Å². The zero-order valence-corrected chi connectivity index (χ0v) is 12.1. The molecule has 20 heavy (non-hydrogen) atoms. The number of carboxylic acid groups (broad SMARTS) is 1. The molecular formula is C11H18N2O6S.